The van der Waals surface area contributed by atoms with Crippen molar-refractivity contribution in [2.45, 2.75) is 38.9 Å². The SMILES string of the molecule is CN1CCN(c2ncc(B(O)OC(C)(C)C(C)(C)O)cn2)CC1. The van der Waals surface area contributed by atoms with E-state index in [9.17, 15) is 10.1 Å². The first-order valence-electron chi connectivity index (χ1n) is 7.94. The van der Waals surface area contributed by atoms with Crippen LogP contribution in [-0.4, -0.2) is 76.5 Å². The zero-order valence-corrected chi connectivity index (χ0v) is 14.7. The Morgan fingerprint density at radius 2 is 1.61 bits per heavy atom. The number of nitrogens with zero attached hydrogens (tertiary/aromatic N) is 4. The van der Waals surface area contributed by atoms with Crippen LogP contribution in [-0.2, 0) is 4.65 Å². The fourth-order valence-corrected chi connectivity index (χ4v) is 2.12. The zero-order valence-electron chi connectivity index (χ0n) is 14.7. The van der Waals surface area contributed by atoms with E-state index in [0.717, 1.165) is 26.2 Å². The molecular formula is C15H27BN4O3. The molecule has 1 aromatic heterocycles. The topological polar surface area (TPSA) is 82.0 Å². The van der Waals surface area contributed by atoms with Gasteiger partial charge in [-0.2, -0.15) is 0 Å². The Morgan fingerprint density at radius 3 is 2.09 bits per heavy atom. The molecule has 0 saturated carbocycles. The largest absolute Gasteiger partial charge is 0.494 e. The van der Waals surface area contributed by atoms with Crippen LogP contribution in [0.1, 0.15) is 27.7 Å². The maximum Gasteiger partial charge on any atom is 0.494 e. The number of anilines is 1. The molecule has 0 unspecified atom stereocenters. The average Bonchev–Trinajstić information content (AvgIpc) is 2.46. The first kappa shape index (κ1) is 18.1. The highest BCUT2D eigenvalue weighted by molar-refractivity contribution is 6.59. The van der Waals surface area contributed by atoms with Gasteiger partial charge < -0.3 is 24.6 Å². The van der Waals surface area contributed by atoms with Crippen molar-refractivity contribution in [1.82, 2.24) is 14.9 Å². The van der Waals surface area contributed by atoms with Crippen molar-refractivity contribution in [2.24, 2.45) is 0 Å². The standard InChI is InChI=1S/C15H27BN4O3/c1-14(2,21)15(3,4)23-16(22)12-10-17-13(18-11-12)20-8-6-19(5)7-9-20/h10-11,21-22H,6-9H2,1-5H3. The summed E-state index contributed by atoms with van der Waals surface area (Å²) in [4.78, 5) is 13.1. The molecule has 0 aromatic carbocycles. The van der Waals surface area contributed by atoms with Gasteiger partial charge in [0.1, 0.15) is 0 Å². The second-order valence-electron chi connectivity index (χ2n) is 7.15. The third-order valence-electron chi connectivity index (χ3n) is 4.61. The molecule has 8 heteroatoms. The van der Waals surface area contributed by atoms with Crippen LogP contribution in [0, 0.1) is 0 Å². The van der Waals surface area contributed by atoms with E-state index < -0.39 is 18.3 Å². The normalized spacial score (nSPS) is 17.4. The van der Waals surface area contributed by atoms with Gasteiger partial charge in [-0.1, -0.05) is 0 Å². The number of likely N-dealkylation sites (N-methyl/N-ethyl adjacent to an activating group) is 1. The lowest BCUT2D eigenvalue weighted by Gasteiger charge is -2.38. The Balaban J connectivity index is 2.02. The second kappa shape index (κ2) is 6.72. The molecule has 23 heavy (non-hydrogen) atoms. The summed E-state index contributed by atoms with van der Waals surface area (Å²) < 4.78 is 5.59. The van der Waals surface area contributed by atoms with Crippen molar-refractivity contribution in [3.8, 4) is 0 Å². The fraction of sp³-hybridized carbons (Fsp3) is 0.733. The van der Waals surface area contributed by atoms with Crippen LogP contribution in [0.25, 0.3) is 0 Å². The number of hydrogen-bond donors (Lipinski definition) is 2. The Morgan fingerprint density at radius 1 is 1.09 bits per heavy atom. The predicted octanol–water partition coefficient (Wildman–Crippen LogP) is -0.518. The van der Waals surface area contributed by atoms with Gasteiger partial charge in [-0.3, -0.25) is 0 Å². The van der Waals surface area contributed by atoms with Gasteiger partial charge in [-0.15, -0.1) is 0 Å². The number of piperazine rings is 1. The molecule has 1 saturated heterocycles. The molecule has 1 fully saturated rings. The average molecular weight is 322 g/mol. The van der Waals surface area contributed by atoms with Crippen LogP contribution >= 0.6 is 0 Å². The summed E-state index contributed by atoms with van der Waals surface area (Å²) in [6, 6.07) is 0. The smallest absolute Gasteiger partial charge is 0.423 e. The highest BCUT2D eigenvalue weighted by atomic mass is 16.5. The monoisotopic (exact) mass is 322 g/mol. The van der Waals surface area contributed by atoms with E-state index in [1.807, 2.05) is 0 Å². The van der Waals surface area contributed by atoms with E-state index in [4.69, 9.17) is 4.65 Å². The van der Waals surface area contributed by atoms with E-state index in [-0.39, 0.29) is 0 Å². The van der Waals surface area contributed by atoms with Crippen molar-refractivity contribution >= 4 is 18.5 Å². The third-order valence-corrected chi connectivity index (χ3v) is 4.61. The Labute approximate surface area is 138 Å². The number of rotatable bonds is 5. The minimum atomic E-state index is -1.18. The van der Waals surface area contributed by atoms with Crippen LogP contribution < -0.4 is 10.4 Å². The van der Waals surface area contributed by atoms with Crippen LogP contribution in [0.2, 0.25) is 0 Å². The molecule has 0 radical (unpaired) electrons. The number of aromatic nitrogens is 2. The molecule has 1 aliphatic heterocycles. The summed E-state index contributed by atoms with van der Waals surface area (Å²) in [6.45, 7) is 10.5. The summed E-state index contributed by atoms with van der Waals surface area (Å²) in [6.07, 6.45) is 3.15. The summed E-state index contributed by atoms with van der Waals surface area (Å²) in [5.74, 6) is 0.663. The van der Waals surface area contributed by atoms with Gasteiger partial charge >= 0.3 is 7.12 Å². The van der Waals surface area contributed by atoms with Crippen molar-refractivity contribution in [3.05, 3.63) is 12.4 Å². The molecule has 2 rings (SSSR count). The van der Waals surface area contributed by atoms with Crippen LogP contribution in [0.5, 0.6) is 0 Å². The Hall–Kier alpha value is -1.22. The molecule has 7 nitrogen and oxygen atoms in total. The molecule has 2 N–H and O–H groups in total. The number of hydrogen-bond acceptors (Lipinski definition) is 7. The van der Waals surface area contributed by atoms with Gasteiger partial charge in [0.05, 0.1) is 11.2 Å². The van der Waals surface area contributed by atoms with Crippen molar-refractivity contribution in [1.29, 1.82) is 0 Å². The van der Waals surface area contributed by atoms with E-state index in [2.05, 4.69) is 26.8 Å². The summed E-state index contributed by atoms with van der Waals surface area (Å²) in [5.41, 5.74) is -1.53. The molecule has 128 valence electrons. The minimum Gasteiger partial charge on any atom is -0.423 e. The van der Waals surface area contributed by atoms with Crippen molar-refractivity contribution in [3.63, 3.8) is 0 Å². The highest BCUT2D eigenvalue weighted by Crippen LogP contribution is 2.25. The molecule has 0 spiro atoms. The van der Waals surface area contributed by atoms with Gasteiger partial charge in [0.2, 0.25) is 5.95 Å². The molecule has 0 bridgehead atoms. The van der Waals surface area contributed by atoms with E-state index in [1.165, 1.54) is 0 Å². The molecular weight excluding hydrogens is 295 g/mol. The van der Waals surface area contributed by atoms with Gasteiger partial charge in [-0.05, 0) is 34.7 Å². The molecule has 1 aliphatic rings. The third kappa shape index (κ3) is 4.41. The van der Waals surface area contributed by atoms with Crippen molar-refractivity contribution in [2.75, 3.05) is 38.1 Å². The van der Waals surface area contributed by atoms with Crippen LogP contribution in [0.15, 0.2) is 12.4 Å². The van der Waals surface area contributed by atoms with E-state index in [1.54, 1.807) is 40.1 Å². The first-order chi connectivity index (χ1) is 10.6. The lowest BCUT2D eigenvalue weighted by atomic mass is 9.78. The minimum absolute atomic E-state index is 0.472. The summed E-state index contributed by atoms with van der Waals surface area (Å²) >= 11 is 0. The Kier molecular flexibility index (Phi) is 5.30. The molecule has 2 heterocycles. The van der Waals surface area contributed by atoms with Crippen molar-refractivity contribution < 1.29 is 14.8 Å². The maximum absolute atomic E-state index is 10.2. The predicted molar refractivity (Wildman–Crippen MR) is 90.8 cm³/mol. The Bertz CT molecular complexity index is 510. The lowest BCUT2D eigenvalue weighted by Crippen LogP contribution is -2.53. The molecule has 1 aromatic rings. The lowest BCUT2D eigenvalue weighted by molar-refractivity contribution is -0.0982. The first-order valence-corrected chi connectivity index (χ1v) is 7.94. The van der Waals surface area contributed by atoms with Gasteiger partial charge in [0.15, 0.2) is 0 Å². The number of aliphatic hydroxyl groups is 1. The molecule has 0 atom stereocenters. The van der Waals surface area contributed by atoms with Crippen LogP contribution in [0.3, 0.4) is 0 Å². The van der Waals surface area contributed by atoms with Crippen LogP contribution in [0.4, 0.5) is 5.95 Å². The zero-order chi connectivity index (χ0) is 17.3. The summed E-state index contributed by atoms with van der Waals surface area (Å²) in [7, 11) is 0.914. The van der Waals surface area contributed by atoms with Gasteiger partial charge in [-0.25, -0.2) is 9.97 Å². The van der Waals surface area contributed by atoms with E-state index >= 15 is 0 Å². The maximum atomic E-state index is 10.2. The highest BCUT2D eigenvalue weighted by Gasteiger charge is 2.39. The fourth-order valence-electron chi connectivity index (χ4n) is 2.12. The second-order valence-corrected chi connectivity index (χ2v) is 7.15. The summed E-state index contributed by atoms with van der Waals surface area (Å²) in [5, 5.41) is 20.3. The van der Waals surface area contributed by atoms with E-state index in [0.29, 0.717) is 11.4 Å². The van der Waals surface area contributed by atoms with Gasteiger partial charge in [0.25, 0.3) is 0 Å². The quantitative estimate of drug-likeness (QED) is 0.706. The molecule has 0 aliphatic carbocycles. The van der Waals surface area contributed by atoms with Gasteiger partial charge in [0, 0.05) is 44.0 Å². The molecule has 0 amide bonds.